The third-order valence-electron chi connectivity index (χ3n) is 12.0. The van der Waals surface area contributed by atoms with Crippen LogP contribution in [0.3, 0.4) is 0 Å². The Balaban J connectivity index is 4.40. The maximum atomic E-state index is 13.1. The number of amides is 1. The number of aliphatic hydroxyl groups excluding tert-OH is 2. The number of esters is 1. The number of unbranched alkanes of at least 4 members (excludes halogenated alkanes) is 31. The van der Waals surface area contributed by atoms with E-state index in [0.29, 0.717) is 19.3 Å². The lowest BCUT2D eigenvalue weighted by Crippen LogP contribution is -2.46. The van der Waals surface area contributed by atoms with Gasteiger partial charge < -0.3 is 20.3 Å². The van der Waals surface area contributed by atoms with Crippen molar-refractivity contribution in [3.8, 4) is 0 Å². The van der Waals surface area contributed by atoms with Crippen LogP contribution in [-0.4, -0.2) is 46.9 Å². The second-order valence-corrected chi connectivity index (χ2v) is 17.9. The zero-order valence-corrected chi connectivity index (χ0v) is 39.7. The normalized spacial score (nSPS) is 13.4. The highest BCUT2D eigenvalue weighted by molar-refractivity contribution is 5.77. The summed E-state index contributed by atoms with van der Waals surface area (Å²) >= 11 is 0. The molecule has 0 saturated carbocycles. The molecule has 3 atom stereocenters. The van der Waals surface area contributed by atoms with E-state index in [1.54, 1.807) is 0 Å². The van der Waals surface area contributed by atoms with Crippen LogP contribution in [0.5, 0.6) is 0 Å². The van der Waals surface area contributed by atoms with Crippen molar-refractivity contribution in [3.05, 3.63) is 24.3 Å². The highest BCUT2D eigenvalue weighted by atomic mass is 16.5. The first kappa shape index (κ1) is 57.3. The predicted octanol–water partition coefficient (Wildman–Crippen LogP) is 15.5. The molecule has 0 fully saturated rings. The van der Waals surface area contributed by atoms with Crippen LogP contribution in [-0.2, 0) is 14.3 Å². The Bertz CT molecular complexity index is 935. The van der Waals surface area contributed by atoms with Crippen molar-refractivity contribution in [2.24, 2.45) is 0 Å². The summed E-state index contributed by atoms with van der Waals surface area (Å²) in [6.07, 6.45) is 53.9. The number of ether oxygens (including phenoxy) is 1. The maximum absolute atomic E-state index is 13.1. The third kappa shape index (κ3) is 42.8. The Kier molecular flexibility index (Phi) is 46.1. The van der Waals surface area contributed by atoms with Gasteiger partial charge in [-0.2, -0.15) is 0 Å². The highest BCUT2D eigenvalue weighted by Crippen LogP contribution is 2.18. The van der Waals surface area contributed by atoms with E-state index in [9.17, 15) is 19.8 Å². The number of hydrogen-bond acceptors (Lipinski definition) is 5. The lowest BCUT2D eigenvalue weighted by Gasteiger charge is -2.24. The van der Waals surface area contributed by atoms with Crippen molar-refractivity contribution >= 4 is 11.9 Å². The fourth-order valence-electron chi connectivity index (χ4n) is 7.99. The summed E-state index contributed by atoms with van der Waals surface area (Å²) in [5.74, 6) is -0.484. The molecule has 0 aromatic heterocycles. The Morgan fingerprint density at radius 2 is 0.831 bits per heavy atom. The average Bonchev–Trinajstić information content (AvgIpc) is 3.23. The Morgan fingerprint density at radius 1 is 0.475 bits per heavy atom. The molecule has 3 N–H and O–H groups in total. The summed E-state index contributed by atoms with van der Waals surface area (Å²) in [6.45, 7) is 6.44. The number of hydrogen-bond donors (Lipinski definition) is 3. The molecule has 1 amide bonds. The molecule has 0 aliphatic carbocycles. The van der Waals surface area contributed by atoms with E-state index >= 15 is 0 Å². The molecule has 0 radical (unpaired) electrons. The van der Waals surface area contributed by atoms with Gasteiger partial charge in [-0.3, -0.25) is 9.59 Å². The fraction of sp³-hybridized carbons (Fsp3) is 0.887. The van der Waals surface area contributed by atoms with E-state index < -0.39 is 18.2 Å². The molecule has 0 heterocycles. The largest absolute Gasteiger partial charge is 0.462 e. The molecule has 3 unspecified atom stereocenters. The van der Waals surface area contributed by atoms with Crippen LogP contribution in [0.15, 0.2) is 24.3 Å². The van der Waals surface area contributed by atoms with Crippen LogP contribution < -0.4 is 5.32 Å². The van der Waals surface area contributed by atoms with E-state index in [1.165, 1.54) is 167 Å². The van der Waals surface area contributed by atoms with Gasteiger partial charge in [-0.25, -0.2) is 0 Å². The molecule has 6 heteroatoms. The van der Waals surface area contributed by atoms with Crippen LogP contribution in [0.1, 0.15) is 278 Å². The zero-order chi connectivity index (χ0) is 43.1. The zero-order valence-electron chi connectivity index (χ0n) is 39.7. The molecule has 0 aliphatic rings. The van der Waals surface area contributed by atoms with Crippen molar-refractivity contribution < 1.29 is 24.5 Å². The van der Waals surface area contributed by atoms with Crippen molar-refractivity contribution in [1.29, 1.82) is 0 Å². The van der Waals surface area contributed by atoms with E-state index in [0.717, 1.165) is 64.2 Å². The summed E-state index contributed by atoms with van der Waals surface area (Å²) in [6, 6.07) is -0.701. The first-order valence-electron chi connectivity index (χ1n) is 26.1. The first-order chi connectivity index (χ1) is 29.0. The van der Waals surface area contributed by atoms with Gasteiger partial charge in [-0.1, -0.05) is 218 Å². The average molecular weight is 832 g/mol. The van der Waals surface area contributed by atoms with Crippen molar-refractivity contribution in [2.75, 3.05) is 6.61 Å². The molecule has 0 bridgehead atoms. The van der Waals surface area contributed by atoms with Crippen molar-refractivity contribution in [3.63, 3.8) is 0 Å². The van der Waals surface area contributed by atoms with E-state index in [2.05, 4.69) is 50.4 Å². The standard InChI is InChI=1S/C53H101NO5/c1-4-7-10-13-16-19-21-23-24-25-26-27-28-29-31-34-37-40-43-46-53(58)59-49(44-41-38-35-32-18-15-12-9-6-3)47-52(57)54-50(48-55)51(56)45-42-39-36-33-30-22-20-17-14-11-8-5-2/h15,18,23-24,49-51,55-56H,4-14,16-17,19-22,25-48H2,1-3H3,(H,54,57)/b18-15-,24-23+. The molecule has 0 aliphatic heterocycles. The Hall–Kier alpha value is -1.66. The molecule has 59 heavy (non-hydrogen) atoms. The molecule has 348 valence electrons. The lowest BCUT2D eigenvalue weighted by atomic mass is 10.0. The summed E-state index contributed by atoms with van der Waals surface area (Å²) in [5.41, 5.74) is 0. The minimum absolute atomic E-state index is 0.0694. The summed E-state index contributed by atoms with van der Waals surface area (Å²) < 4.78 is 5.91. The van der Waals surface area contributed by atoms with Crippen LogP contribution in [0, 0.1) is 0 Å². The first-order valence-corrected chi connectivity index (χ1v) is 26.1. The molecule has 0 spiro atoms. The maximum Gasteiger partial charge on any atom is 0.306 e. The van der Waals surface area contributed by atoms with Crippen molar-refractivity contribution in [2.45, 2.75) is 296 Å². The molecular weight excluding hydrogens is 731 g/mol. The molecule has 0 aromatic rings. The lowest BCUT2D eigenvalue weighted by molar-refractivity contribution is -0.151. The van der Waals surface area contributed by atoms with Gasteiger partial charge in [0, 0.05) is 6.42 Å². The van der Waals surface area contributed by atoms with Gasteiger partial charge in [0.2, 0.25) is 5.91 Å². The minimum Gasteiger partial charge on any atom is -0.462 e. The van der Waals surface area contributed by atoms with E-state index in [1.807, 2.05) is 0 Å². The third-order valence-corrected chi connectivity index (χ3v) is 12.0. The summed E-state index contributed by atoms with van der Waals surface area (Å²) in [5, 5.41) is 23.7. The molecule has 6 nitrogen and oxygen atoms in total. The number of aliphatic hydroxyl groups is 2. The monoisotopic (exact) mass is 832 g/mol. The molecular formula is C53H101NO5. The van der Waals surface area contributed by atoms with Crippen LogP contribution in [0.25, 0.3) is 0 Å². The van der Waals surface area contributed by atoms with Gasteiger partial charge in [-0.05, 0) is 70.6 Å². The van der Waals surface area contributed by atoms with E-state index in [4.69, 9.17) is 4.74 Å². The van der Waals surface area contributed by atoms with Gasteiger partial charge in [0.15, 0.2) is 0 Å². The minimum atomic E-state index is -0.787. The Morgan fingerprint density at radius 3 is 1.27 bits per heavy atom. The summed E-state index contributed by atoms with van der Waals surface area (Å²) in [4.78, 5) is 26.1. The second-order valence-electron chi connectivity index (χ2n) is 17.9. The van der Waals surface area contributed by atoms with Gasteiger partial charge in [0.1, 0.15) is 6.10 Å². The van der Waals surface area contributed by atoms with Gasteiger partial charge in [-0.15, -0.1) is 0 Å². The van der Waals surface area contributed by atoms with Crippen LogP contribution in [0.2, 0.25) is 0 Å². The number of carbonyl (C=O) groups is 2. The van der Waals surface area contributed by atoms with Gasteiger partial charge >= 0.3 is 5.97 Å². The fourth-order valence-corrected chi connectivity index (χ4v) is 7.99. The van der Waals surface area contributed by atoms with Crippen LogP contribution >= 0.6 is 0 Å². The number of rotatable bonds is 47. The highest BCUT2D eigenvalue weighted by Gasteiger charge is 2.24. The van der Waals surface area contributed by atoms with E-state index in [-0.39, 0.29) is 24.9 Å². The van der Waals surface area contributed by atoms with Crippen molar-refractivity contribution in [1.82, 2.24) is 5.32 Å². The number of nitrogens with one attached hydrogen (secondary N) is 1. The molecule has 0 aromatic carbocycles. The Labute approximate surface area is 367 Å². The quantitative estimate of drug-likeness (QED) is 0.0322. The SMILES string of the molecule is CCCC/C=C\CCCCCC(CC(=O)NC(CO)C(O)CCCCCCCCCCCCCC)OC(=O)CCCCCCCCCCC/C=C/CCCCCCCC. The topological polar surface area (TPSA) is 95.9 Å². The predicted molar refractivity (Wildman–Crippen MR) is 255 cm³/mol. The van der Waals surface area contributed by atoms with Crippen LogP contribution in [0.4, 0.5) is 0 Å². The number of allylic oxidation sites excluding steroid dienone is 4. The smallest absolute Gasteiger partial charge is 0.306 e. The number of carbonyl (C=O) groups excluding carboxylic acids is 2. The molecule has 0 rings (SSSR count). The second kappa shape index (κ2) is 47.4. The summed E-state index contributed by atoms with van der Waals surface area (Å²) in [7, 11) is 0. The molecule has 0 saturated heterocycles. The van der Waals surface area contributed by atoms with Gasteiger partial charge in [0.05, 0.1) is 25.2 Å². The van der Waals surface area contributed by atoms with Gasteiger partial charge in [0.25, 0.3) is 0 Å².